The van der Waals surface area contributed by atoms with Crippen molar-refractivity contribution in [2.24, 2.45) is 10.8 Å². The summed E-state index contributed by atoms with van der Waals surface area (Å²) in [7, 11) is 3.68. The monoisotopic (exact) mass is 577 g/mol. The molecule has 0 saturated heterocycles. The van der Waals surface area contributed by atoms with Crippen LogP contribution in [-0.4, -0.2) is 42.4 Å². The summed E-state index contributed by atoms with van der Waals surface area (Å²) in [4.78, 5) is 50.3. The van der Waals surface area contributed by atoms with Crippen molar-refractivity contribution in [2.75, 3.05) is 19.4 Å². The standard InChI is InChI=1S/C15H18N2O2.C12H13NO2.2CH4.Rb/c1-15(2)11(9-17(3)4)13(18)10-7-5-6-8-12(10)16-14(15)19;1-12(2)7-10(14)8-5-3-4-6-9(8)13-11(12)15;;;/h5-9H,1-4H3,(H,16,19);3-6H,7H2,1-2H3,(H,13,14,15);2*1H4;/q;;;;+1/p-1/b11-9-;;;;. The second kappa shape index (κ2) is 13.7. The van der Waals surface area contributed by atoms with Crippen molar-refractivity contribution in [1.29, 1.82) is 0 Å². The summed E-state index contributed by atoms with van der Waals surface area (Å²) in [5.74, 6) is -0.502. The molecule has 2 aromatic rings. The number of anilines is 1. The number of ketones is 2. The fourth-order valence-electron chi connectivity index (χ4n) is 3.74. The molecule has 194 valence electrons. The number of fused-ring (bicyclic) bond motifs is 2. The normalized spacial score (nSPS) is 17.8. The van der Waals surface area contributed by atoms with Gasteiger partial charge in [0.25, 0.3) is 0 Å². The Bertz CT molecular complexity index is 1200. The van der Waals surface area contributed by atoms with Gasteiger partial charge < -0.3 is 20.3 Å². The van der Waals surface area contributed by atoms with Crippen LogP contribution in [0.25, 0.3) is 5.32 Å². The molecule has 0 aliphatic carbocycles. The Morgan fingerprint density at radius 2 is 1.41 bits per heavy atom. The van der Waals surface area contributed by atoms with E-state index in [4.69, 9.17) is 0 Å². The van der Waals surface area contributed by atoms with E-state index in [1.807, 2.05) is 14.1 Å². The minimum atomic E-state index is -0.861. The van der Waals surface area contributed by atoms with Crippen LogP contribution >= 0.6 is 0 Å². The zero-order valence-corrected chi connectivity index (χ0v) is 26.3. The molecule has 0 atom stereocenters. The number of carbonyl (C=O) groups excluding carboxylic acids is 4. The number of Topliss-reactive ketones (excluding diaryl/α,β-unsaturated/α-hetero) is 2. The van der Waals surface area contributed by atoms with Gasteiger partial charge in [0.05, 0.1) is 17.0 Å². The van der Waals surface area contributed by atoms with Gasteiger partial charge in [-0.3, -0.25) is 14.4 Å². The summed E-state index contributed by atoms with van der Waals surface area (Å²) in [5, 5.41) is 6.81. The first kappa shape index (κ1) is 35.1. The molecule has 2 heterocycles. The van der Waals surface area contributed by atoms with E-state index in [1.165, 1.54) is 0 Å². The summed E-state index contributed by atoms with van der Waals surface area (Å²) < 4.78 is 0. The summed E-state index contributed by atoms with van der Waals surface area (Å²) in [6, 6.07) is 14.1. The zero-order chi connectivity index (χ0) is 25.3. The Morgan fingerprint density at radius 1 is 0.865 bits per heavy atom. The molecular weight excluding hydrogens is 540 g/mol. The third kappa shape index (κ3) is 7.79. The van der Waals surface area contributed by atoms with Gasteiger partial charge in [0.1, 0.15) is 0 Å². The number of benzene rings is 2. The van der Waals surface area contributed by atoms with E-state index >= 15 is 0 Å². The first-order valence-corrected chi connectivity index (χ1v) is 11.1. The van der Waals surface area contributed by atoms with E-state index in [0.717, 1.165) is 0 Å². The summed E-state index contributed by atoms with van der Waals surface area (Å²) in [6.07, 6.45) is 1.95. The largest absolute Gasteiger partial charge is 1.00 e. The number of para-hydroxylation sites is 2. The van der Waals surface area contributed by atoms with E-state index in [0.29, 0.717) is 28.1 Å². The Hall–Kier alpha value is -1.93. The molecule has 0 radical (unpaired) electrons. The molecule has 0 bridgehead atoms. The molecule has 0 saturated carbocycles. The van der Waals surface area contributed by atoms with Crippen LogP contribution in [-0.2, 0) is 9.59 Å². The zero-order valence-electron chi connectivity index (χ0n) is 21.4. The molecule has 2 aliphatic heterocycles. The predicted molar refractivity (Wildman–Crippen MR) is 146 cm³/mol. The Labute approximate surface area is 270 Å². The van der Waals surface area contributed by atoms with Gasteiger partial charge in [0, 0.05) is 48.8 Å². The van der Waals surface area contributed by atoms with E-state index in [1.54, 1.807) is 87.3 Å². The maximum Gasteiger partial charge on any atom is 1.00 e. The van der Waals surface area contributed by atoms with E-state index in [9.17, 15) is 19.2 Å². The number of carbonyl (C=O) groups is 4. The van der Waals surface area contributed by atoms with Crippen LogP contribution in [0.15, 0.2) is 60.3 Å². The summed E-state index contributed by atoms with van der Waals surface area (Å²) in [6.45, 7) is 7.04. The molecule has 2 aliphatic rings. The number of rotatable bonds is 1. The van der Waals surface area contributed by atoms with Crippen LogP contribution in [0.5, 0.6) is 0 Å². The quantitative estimate of drug-likeness (QED) is 0.524. The van der Waals surface area contributed by atoms with Crippen molar-refractivity contribution in [1.82, 2.24) is 4.90 Å². The second-order valence-electron chi connectivity index (χ2n) is 9.88. The Morgan fingerprint density at radius 3 is 2.00 bits per heavy atom. The van der Waals surface area contributed by atoms with Gasteiger partial charge in [-0.15, -0.1) is 5.69 Å². The smallest absolute Gasteiger partial charge is 0.626 e. The fraction of sp³-hybridized carbons (Fsp3) is 0.379. The van der Waals surface area contributed by atoms with Gasteiger partial charge in [-0.05, 0) is 26.0 Å². The van der Waals surface area contributed by atoms with Crippen LogP contribution in [0.1, 0.15) is 69.7 Å². The topological polar surface area (TPSA) is 97.7 Å². The van der Waals surface area contributed by atoms with Crippen molar-refractivity contribution < 1.29 is 77.4 Å². The van der Waals surface area contributed by atoms with Gasteiger partial charge in [0.2, 0.25) is 5.91 Å². The number of nitrogens with one attached hydrogen (secondary N) is 1. The van der Waals surface area contributed by atoms with E-state index < -0.39 is 10.8 Å². The van der Waals surface area contributed by atoms with Gasteiger partial charge in [0.15, 0.2) is 11.6 Å². The number of hydrogen-bond donors (Lipinski definition) is 1. The molecule has 0 fully saturated rings. The Kier molecular flexibility index (Phi) is 13.0. The predicted octanol–water partition coefficient (Wildman–Crippen LogP) is 3.40. The van der Waals surface area contributed by atoms with Crippen molar-refractivity contribution in [3.8, 4) is 0 Å². The maximum atomic E-state index is 12.6. The van der Waals surface area contributed by atoms with Crippen molar-refractivity contribution in [2.45, 2.75) is 49.0 Å². The van der Waals surface area contributed by atoms with Crippen LogP contribution in [0, 0.1) is 10.8 Å². The third-order valence-electron chi connectivity index (χ3n) is 5.90. The minimum absolute atomic E-state index is 0. The first-order valence-electron chi connectivity index (χ1n) is 11.1. The average molecular weight is 578 g/mol. The average Bonchev–Trinajstić information content (AvgIpc) is 2.89. The SMILES string of the molecule is C.C.CC1(C)CC(=O)c2ccccc2[N-]C1=O.CN(C)/C=C1/C(=O)c2ccccc2NC(=O)C1(C)C.[Rb+]. The molecule has 4 rings (SSSR count). The van der Waals surface area contributed by atoms with E-state index in [2.05, 4.69) is 10.6 Å². The number of hydrogen-bond acceptors (Lipinski definition) is 5. The molecule has 2 amide bonds. The molecule has 37 heavy (non-hydrogen) atoms. The van der Waals surface area contributed by atoms with Crippen LogP contribution in [0.4, 0.5) is 11.4 Å². The molecule has 0 aromatic heterocycles. The molecule has 7 nitrogen and oxygen atoms in total. The Balaban J connectivity index is 0.000000662. The number of nitrogens with zero attached hydrogens (tertiary/aromatic N) is 2. The van der Waals surface area contributed by atoms with Gasteiger partial charge >= 0.3 is 58.2 Å². The fourth-order valence-corrected chi connectivity index (χ4v) is 3.74. The molecule has 0 unspecified atom stereocenters. The van der Waals surface area contributed by atoms with Crippen molar-refractivity contribution in [3.63, 3.8) is 0 Å². The van der Waals surface area contributed by atoms with Crippen molar-refractivity contribution >= 4 is 34.8 Å². The molecule has 2 aromatic carbocycles. The van der Waals surface area contributed by atoms with E-state index in [-0.39, 0.29) is 103 Å². The molecule has 1 N–H and O–H groups in total. The van der Waals surface area contributed by atoms with Gasteiger partial charge in [-0.1, -0.05) is 65.1 Å². The minimum Gasteiger partial charge on any atom is -0.626 e. The van der Waals surface area contributed by atoms with Crippen molar-refractivity contribution in [3.05, 3.63) is 76.7 Å². The first-order chi connectivity index (χ1) is 15.8. The summed E-state index contributed by atoms with van der Waals surface area (Å²) >= 11 is 0. The van der Waals surface area contributed by atoms with Gasteiger partial charge in [-0.25, -0.2) is 0 Å². The van der Waals surface area contributed by atoms with Gasteiger partial charge in [-0.2, -0.15) is 0 Å². The summed E-state index contributed by atoms with van der Waals surface area (Å²) in [5.41, 5.74) is 1.12. The van der Waals surface area contributed by atoms with Crippen LogP contribution < -0.4 is 63.5 Å². The molecule has 0 spiro atoms. The maximum absolute atomic E-state index is 12.6. The third-order valence-corrected chi connectivity index (χ3v) is 5.90. The second-order valence-corrected chi connectivity index (χ2v) is 9.88. The number of amides is 2. The molecule has 8 heteroatoms. The van der Waals surface area contributed by atoms with Crippen LogP contribution in [0.3, 0.4) is 0 Å². The molecular formula is C29H38N3O4Rb. The van der Waals surface area contributed by atoms with Crippen LogP contribution in [0.2, 0.25) is 0 Å².